The molecule has 0 radical (unpaired) electrons. The molecule has 1 aromatic carbocycles. The Hall–Kier alpha value is -0.770. The van der Waals surface area contributed by atoms with Gasteiger partial charge in [-0.15, -0.1) is 0 Å². The van der Waals surface area contributed by atoms with E-state index in [4.69, 9.17) is 21.1 Å². The van der Waals surface area contributed by atoms with E-state index in [0.717, 1.165) is 23.8 Å². The van der Waals surface area contributed by atoms with Gasteiger partial charge in [-0.25, -0.2) is 0 Å². The van der Waals surface area contributed by atoms with Crippen LogP contribution in [-0.2, 0) is 11.2 Å². The van der Waals surface area contributed by atoms with Gasteiger partial charge in [0.25, 0.3) is 0 Å². The Morgan fingerprint density at radius 3 is 3.00 bits per heavy atom. The molecule has 1 N–H and O–H groups in total. The number of ether oxygens (including phenoxy) is 2. The van der Waals surface area contributed by atoms with Gasteiger partial charge in [-0.1, -0.05) is 11.6 Å². The van der Waals surface area contributed by atoms with Crippen molar-refractivity contribution in [1.82, 2.24) is 5.32 Å². The summed E-state index contributed by atoms with van der Waals surface area (Å²) in [6, 6.07) is 4.08. The van der Waals surface area contributed by atoms with Crippen LogP contribution in [0.3, 0.4) is 0 Å². The van der Waals surface area contributed by atoms with Crippen molar-refractivity contribution in [1.29, 1.82) is 0 Å². The summed E-state index contributed by atoms with van der Waals surface area (Å²) in [5, 5.41) is 4.00. The molecule has 0 saturated heterocycles. The fourth-order valence-corrected chi connectivity index (χ4v) is 2.34. The zero-order valence-electron chi connectivity index (χ0n) is 9.55. The van der Waals surface area contributed by atoms with Crippen molar-refractivity contribution < 1.29 is 9.47 Å². The predicted molar refractivity (Wildman–Crippen MR) is 64.3 cm³/mol. The number of methoxy groups -OCH3 is 1. The zero-order chi connectivity index (χ0) is 11.5. The molecule has 3 nitrogen and oxygen atoms in total. The Bertz CT molecular complexity index is 382. The molecule has 1 aliphatic heterocycles. The van der Waals surface area contributed by atoms with E-state index < -0.39 is 0 Å². The molecule has 88 valence electrons. The minimum Gasteiger partial charge on any atom is -0.497 e. The van der Waals surface area contributed by atoms with E-state index in [1.54, 1.807) is 7.11 Å². The quantitative estimate of drug-likeness (QED) is 0.861. The van der Waals surface area contributed by atoms with Crippen LogP contribution in [0.15, 0.2) is 12.1 Å². The van der Waals surface area contributed by atoms with E-state index in [1.807, 2.05) is 19.2 Å². The molecule has 0 saturated carbocycles. The standard InChI is InChI=1S/C12H16ClNO2/c1-14-12-7-16-4-3-9-10(12)5-8(15-2)6-11(9)13/h5-6,12,14H,3-4,7H2,1-2H3. The van der Waals surface area contributed by atoms with Gasteiger partial charge in [-0.05, 0) is 36.7 Å². The van der Waals surface area contributed by atoms with Crippen LogP contribution < -0.4 is 10.1 Å². The first-order chi connectivity index (χ1) is 7.76. The molecule has 0 spiro atoms. The highest BCUT2D eigenvalue weighted by molar-refractivity contribution is 6.31. The van der Waals surface area contributed by atoms with Gasteiger partial charge in [-0.3, -0.25) is 0 Å². The van der Waals surface area contributed by atoms with Gasteiger partial charge in [0.15, 0.2) is 0 Å². The van der Waals surface area contributed by atoms with Crippen LogP contribution in [0.2, 0.25) is 5.02 Å². The van der Waals surface area contributed by atoms with Gasteiger partial charge in [0.2, 0.25) is 0 Å². The average Bonchev–Trinajstić information content (AvgIpc) is 2.51. The number of hydrogen-bond donors (Lipinski definition) is 1. The van der Waals surface area contributed by atoms with Gasteiger partial charge in [0.1, 0.15) is 5.75 Å². The van der Waals surface area contributed by atoms with Crippen LogP contribution in [0.5, 0.6) is 5.75 Å². The van der Waals surface area contributed by atoms with Crippen LogP contribution in [0.25, 0.3) is 0 Å². The molecular formula is C12H16ClNO2. The van der Waals surface area contributed by atoms with Crippen LogP contribution in [0.1, 0.15) is 17.2 Å². The van der Waals surface area contributed by atoms with E-state index in [2.05, 4.69) is 5.32 Å². The highest BCUT2D eigenvalue weighted by atomic mass is 35.5. The largest absolute Gasteiger partial charge is 0.497 e. The second-order valence-electron chi connectivity index (χ2n) is 3.84. The molecule has 1 atom stereocenters. The molecule has 0 bridgehead atoms. The van der Waals surface area contributed by atoms with Crippen LogP contribution in [0, 0.1) is 0 Å². The molecule has 0 aromatic heterocycles. The first kappa shape index (κ1) is 11.7. The first-order valence-corrected chi connectivity index (χ1v) is 5.75. The Kier molecular flexibility index (Phi) is 3.69. The molecule has 2 rings (SSSR count). The molecule has 1 aromatic rings. The summed E-state index contributed by atoms with van der Waals surface area (Å²) >= 11 is 6.26. The van der Waals surface area contributed by atoms with E-state index in [1.165, 1.54) is 11.1 Å². The molecule has 16 heavy (non-hydrogen) atoms. The smallest absolute Gasteiger partial charge is 0.120 e. The SMILES string of the molecule is CNC1COCCc2c(Cl)cc(OC)cc21. The van der Waals surface area contributed by atoms with Gasteiger partial charge in [0, 0.05) is 5.02 Å². The maximum atomic E-state index is 6.26. The summed E-state index contributed by atoms with van der Waals surface area (Å²) in [6.07, 6.45) is 0.857. The fourth-order valence-electron chi connectivity index (χ4n) is 2.03. The third kappa shape index (κ3) is 2.17. The third-order valence-electron chi connectivity index (χ3n) is 2.94. The summed E-state index contributed by atoms with van der Waals surface area (Å²) in [5.74, 6) is 0.797. The molecule has 4 heteroatoms. The van der Waals surface area contributed by atoms with E-state index in [-0.39, 0.29) is 6.04 Å². The van der Waals surface area contributed by atoms with Crippen LogP contribution in [-0.4, -0.2) is 27.4 Å². The van der Waals surface area contributed by atoms with Crippen molar-refractivity contribution in [3.05, 3.63) is 28.3 Å². The summed E-state index contributed by atoms with van der Waals surface area (Å²) in [4.78, 5) is 0. The third-order valence-corrected chi connectivity index (χ3v) is 3.28. The Morgan fingerprint density at radius 1 is 1.50 bits per heavy atom. The number of rotatable bonds is 2. The van der Waals surface area contributed by atoms with E-state index in [0.29, 0.717) is 6.61 Å². The summed E-state index contributed by atoms with van der Waals surface area (Å²) in [6.45, 7) is 1.39. The Balaban J connectivity index is 2.49. The number of fused-ring (bicyclic) bond motifs is 1. The lowest BCUT2D eigenvalue weighted by molar-refractivity contribution is 0.123. The topological polar surface area (TPSA) is 30.5 Å². The normalized spacial score (nSPS) is 20.1. The van der Waals surface area contributed by atoms with Crippen LogP contribution in [0.4, 0.5) is 0 Å². The number of hydrogen-bond acceptors (Lipinski definition) is 3. The number of benzene rings is 1. The fraction of sp³-hybridized carbons (Fsp3) is 0.500. The highest BCUT2D eigenvalue weighted by Gasteiger charge is 2.20. The van der Waals surface area contributed by atoms with Gasteiger partial charge in [-0.2, -0.15) is 0 Å². The lowest BCUT2D eigenvalue weighted by Gasteiger charge is -2.18. The van der Waals surface area contributed by atoms with Crippen molar-refractivity contribution in [3.8, 4) is 5.75 Å². The monoisotopic (exact) mass is 241 g/mol. The van der Waals surface area contributed by atoms with Crippen molar-refractivity contribution in [2.24, 2.45) is 0 Å². The zero-order valence-corrected chi connectivity index (χ0v) is 10.3. The second kappa shape index (κ2) is 5.04. The maximum absolute atomic E-state index is 6.26. The van der Waals surface area contributed by atoms with Crippen molar-refractivity contribution in [3.63, 3.8) is 0 Å². The van der Waals surface area contributed by atoms with Crippen molar-refractivity contribution in [2.45, 2.75) is 12.5 Å². The van der Waals surface area contributed by atoms with Gasteiger partial charge >= 0.3 is 0 Å². The van der Waals surface area contributed by atoms with E-state index >= 15 is 0 Å². The van der Waals surface area contributed by atoms with E-state index in [9.17, 15) is 0 Å². The van der Waals surface area contributed by atoms with Crippen molar-refractivity contribution in [2.75, 3.05) is 27.4 Å². The molecular weight excluding hydrogens is 226 g/mol. The minimum absolute atomic E-state index is 0.185. The van der Waals surface area contributed by atoms with Gasteiger partial charge in [0.05, 0.1) is 26.4 Å². The molecule has 0 amide bonds. The summed E-state index contributed by atoms with van der Waals surface area (Å²) in [7, 11) is 3.58. The Labute approximate surface area is 101 Å². The number of nitrogens with one attached hydrogen (secondary N) is 1. The Morgan fingerprint density at radius 2 is 2.31 bits per heavy atom. The maximum Gasteiger partial charge on any atom is 0.120 e. The number of halogens is 1. The highest BCUT2D eigenvalue weighted by Crippen LogP contribution is 2.32. The first-order valence-electron chi connectivity index (χ1n) is 5.37. The molecule has 0 fully saturated rings. The molecule has 1 aliphatic rings. The van der Waals surface area contributed by atoms with Crippen molar-refractivity contribution >= 4 is 11.6 Å². The minimum atomic E-state index is 0.185. The second-order valence-corrected chi connectivity index (χ2v) is 4.25. The van der Waals surface area contributed by atoms with Crippen LogP contribution >= 0.6 is 11.6 Å². The summed E-state index contributed by atoms with van der Waals surface area (Å²) in [5.41, 5.74) is 2.35. The summed E-state index contributed by atoms with van der Waals surface area (Å²) < 4.78 is 10.8. The lowest BCUT2D eigenvalue weighted by atomic mass is 9.99. The molecule has 1 unspecified atom stereocenters. The number of likely N-dealkylation sites (N-methyl/N-ethyl adjacent to an activating group) is 1. The molecule has 1 heterocycles. The average molecular weight is 242 g/mol. The predicted octanol–water partition coefficient (Wildman–Crippen LogP) is 2.18. The lowest BCUT2D eigenvalue weighted by Crippen LogP contribution is -2.21. The van der Waals surface area contributed by atoms with Gasteiger partial charge < -0.3 is 14.8 Å². The molecule has 0 aliphatic carbocycles.